The van der Waals surface area contributed by atoms with Gasteiger partial charge >= 0.3 is 121 Å². The molecule has 0 spiro atoms. The van der Waals surface area contributed by atoms with E-state index in [-0.39, 0.29) is 12.1 Å². The first-order chi connectivity index (χ1) is 9.43. The van der Waals surface area contributed by atoms with Crippen molar-refractivity contribution < 1.29 is 9.53 Å². The Kier molecular flexibility index (Phi) is 4.45. The fraction of sp³-hybridized carbons (Fsp3) is 0.353. The Bertz CT molecular complexity index is 556. The number of benzene rings is 1. The number of rotatable bonds is 4. The minimum atomic E-state index is -1.72. The van der Waals surface area contributed by atoms with Crippen molar-refractivity contribution in [2.75, 3.05) is 13.3 Å². The molecule has 0 saturated carbocycles. The monoisotopic (exact) mass is 290 g/mol. The molecule has 1 aliphatic rings. The summed E-state index contributed by atoms with van der Waals surface area (Å²) in [4.78, 5) is 11.2. The zero-order chi connectivity index (χ0) is 14.8. The molecule has 1 atom stereocenters. The summed E-state index contributed by atoms with van der Waals surface area (Å²) < 4.78 is 5.38. The maximum atomic E-state index is 11.2. The van der Waals surface area contributed by atoms with Gasteiger partial charge in [0.25, 0.3) is 0 Å². The van der Waals surface area contributed by atoms with E-state index in [4.69, 9.17) is 4.74 Å². The van der Waals surface area contributed by atoms with Crippen LogP contribution in [0.15, 0.2) is 53.4 Å². The molecule has 0 N–H and O–H groups in total. The first-order valence-corrected chi connectivity index (χ1v) is 10.1. The van der Waals surface area contributed by atoms with Crippen LogP contribution in [0.4, 0.5) is 0 Å². The number of carbonyl (C=O) groups is 1. The molecule has 0 amide bonds. The zero-order valence-electron chi connectivity index (χ0n) is 12.6. The van der Waals surface area contributed by atoms with Crippen LogP contribution in [0.25, 0.3) is 0 Å². The maximum absolute atomic E-state index is 11.2. The molecule has 1 aliphatic carbocycles. The Morgan fingerprint density at radius 2 is 1.90 bits per heavy atom. The summed E-state index contributed by atoms with van der Waals surface area (Å²) in [5.74, 6) is -0.213. The number of ether oxygens (including phenoxy) is 1. The third-order valence-electron chi connectivity index (χ3n) is 3.97. The van der Waals surface area contributed by atoms with E-state index in [9.17, 15) is 4.79 Å². The molecule has 20 heavy (non-hydrogen) atoms. The first kappa shape index (κ1) is 15.0. The molecule has 0 fully saturated rings. The normalized spacial score (nSPS) is 17.2. The summed E-state index contributed by atoms with van der Waals surface area (Å²) in [5, 5.41) is 2.81. The van der Waals surface area contributed by atoms with Gasteiger partial charge in [0.15, 0.2) is 0 Å². The van der Waals surface area contributed by atoms with Crippen LogP contribution in [-0.2, 0) is 9.53 Å². The number of hydrogen-bond acceptors (Lipinski definition) is 2. The van der Waals surface area contributed by atoms with Crippen molar-refractivity contribution in [2.24, 2.45) is 0 Å². The van der Waals surface area contributed by atoms with Crippen molar-refractivity contribution in [3.05, 3.63) is 53.4 Å². The Labute approximate surface area is 121 Å². The average Bonchev–Trinajstić information content (AvgIpc) is 2.89. The van der Waals surface area contributed by atoms with E-state index in [0.29, 0.717) is 0 Å². The van der Waals surface area contributed by atoms with Gasteiger partial charge in [-0.05, 0) is 0 Å². The summed E-state index contributed by atoms with van der Waals surface area (Å²) in [6.45, 7) is 8.15. The second-order valence-corrected chi connectivity index (χ2v) is 10.2. The molecular formula is C17H23O2P. The average molecular weight is 290 g/mol. The molecule has 0 saturated heterocycles. The second-order valence-electron chi connectivity index (χ2n) is 5.79. The quantitative estimate of drug-likeness (QED) is 0.627. The molecule has 0 bridgehead atoms. The van der Waals surface area contributed by atoms with Gasteiger partial charge in [-0.25, -0.2) is 0 Å². The molecule has 3 heteroatoms. The van der Waals surface area contributed by atoms with Gasteiger partial charge in [-0.1, -0.05) is 0 Å². The molecule has 0 heterocycles. The van der Waals surface area contributed by atoms with E-state index in [1.54, 1.807) is 0 Å². The summed E-state index contributed by atoms with van der Waals surface area (Å²) in [6.07, 6.45) is 5.18. The van der Waals surface area contributed by atoms with Crippen LogP contribution in [0.3, 0.4) is 0 Å². The van der Waals surface area contributed by atoms with E-state index in [1.807, 2.05) is 6.92 Å². The standard InChI is InChI=1S/C17H23O2P/c1-13(19-14(2)18)16-11-8-12-17(16)20(3,4)15-9-6-5-7-10-15/h5-10,12-13,20H,11H2,1-4H3/t13-/m1/s1. The summed E-state index contributed by atoms with van der Waals surface area (Å²) >= 11 is 0. The van der Waals surface area contributed by atoms with Crippen LogP contribution in [0.2, 0.25) is 0 Å². The van der Waals surface area contributed by atoms with Crippen LogP contribution >= 0.6 is 7.26 Å². The van der Waals surface area contributed by atoms with Crippen LogP contribution < -0.4 is 5.30 Å². The number of allylic oxidation sites excluding steroid dienone is 3. The van der Waals surface area contributed by atoms with Crippen molar-refractivity contribution in [3.63, 3.8) is 0 Å². The van der Waals surface area contributed by atoms with Gasteiger partial charge in [0, 0.05) is 0 Å². The second kappa shape index (κ2) is 5.93. The zero-order valence-corrected chi connectivity index (χ0v) is 13.6. The van der Waals surface area contributed by atoms with E-state index < -0.39 is 7.26 Å². The Morgan fingerprint density at radius 1 is 1.25 bits per heavy atom. The van der Waals surface area contributed by atoms with Crippen molar-refractivity contribution in [2.45, 2.75) is 26.4 Å². The van der Waals surface area contributed by atoms with Gasteiger partial charge in [-0.3, -0.25) is 0 Å². The molecule has 0 unspecified atom stereocenters. The van der Waals surface area contributed by atoms with E-state index >= 15 is 0 Å². The molecule has 1 aromatic rings. The fourth-order valence-electron chi connectivity index (χ4n) is 2.85. The molecule has 1 aromatic carbocycles. The van der Waals surface area contributed by atoms with E-state index in [0.717, 1.165) is 6.42 Å². The number of carbonyl (C=O) groups excluding carboxylic acids is 1. The fourth-order valence-corrected chi connectivity index (χ4v) is 5.83. The summed E-state index contributed by atoms with van der Waals surface area (Å²) in [7, 11) is -1.72. The summed E-state index contributed by atoms with van der Waals surface area (Å²) in [6, 6.07) is 10.7. The molecule has 0 radical (unpaired) electrons. The SMILES string of the molecule is CC(=O)O[C@H](C)C1=C([PH](C)(C)c2ccccc2)C=CC1. The Balaban J connectivity index is 2.37. The number of hydrogen-bond donors (Lipinski definition) is 0. The van der Waals surface area contributed by atoms with Crippen molar-refractivity contribution >= 4 is 18.5 Å². The van der Waals surface area contributed by atoms with Gasteiger partial charge in [-0.15, -0.1) is 0 Å². The molecule has 0 aliphatic heterocycles. The van der Waals surface area contributed by atoms with E-state index in [2.05, 4.69) is 55.8 Å². The molecule has 0 aromatic heterocycles. The molecular weight excluding hydrogens is 267 g/mol. The third kappa shape index (κ3) is 3.02. The minimum absolute atomic E-state index is 0.131. The van der Waals surface area contributed by atoms with E-state index in [1.165, 1.54) is 23.1 Å². The van der Waals surface area contributed by atoms with Crippen molar-refractivity contribution in [1.82, 2.24) is 0 Å². The van der Waals surface area contributed by atoms with Crippen LogP contribution in [-0.4, -0.2) is 25.4 Å². The first-order valence-electron chi connectivity index (χ1n) is 7.05. The Hall–Kier alpha value is -1.40. The van der Waals surface area contributed by atoms with Gasteiger partial charge in [0.1, 0.15) is 0 Å². The topological polar surface area (TPSA) is 26.3 Å². The third-order valence-corrected chi connectivity index (χ3v) is 7.58. The molecule has 2 nitrogen and oxygen atoms in total. The predicted octanol–water partition coefficient (Wildman–Crippen LogP) is 3.49. The molecule has 2 rings (SSSR count). The predicted molar refractivity (Wildman–Crippen MR) is 88.3 cm³/mol. The molecule has 108 valence electrons. The van der Waals surface area contributed by atoms with Crippen molar-refractivity contribution in [1.29, 1.82) is 0 Å². The van der Waals surface area contributed by atoms with Gasteiger partial charge in [0.2, 0.25) is 0 Å². The van der Waals surface area contributed by atoms with Crippen LogP contribution in [0, 0.1) is 0 Å². The van der Waals surface area contributed by atoms with Crippen molar-refractivity contribution in [3.8, 4) is 0 Å². The Morgan fingerprint density at radius 3 is 2.50 bits per heavy atom. The van der Waals surface area contributed by atoms with Gasteiger partial charge in [-0.2, -0.15) is 0 Å². The van der Waals surface area contributed by atoms with Gasteiger partial charge < -0.3 is 0 Å². The van der Waals surface area contributed by atoms with Gasteiger partial charge in [0.05, 0.1) is 0 Å². The van der Waals surface area contributed by atoms with Crippen LogP contribution in [0.1, 0.15) is 20.3 Å². The van der Waals surface area contributed by atoms with Crippen LogP contribution in [0.5, 0.6) is 0 Å². The number of esters is 1. The summed E-state index contributed by atoms with van der Waals surface area (Å²) in [5.41, 5.74) is 1.26.